The average molecular weight is 390 g/mol. The summed E-state index contributed by atoms with van der Waals surface area (Å²) in [6, 6.07) is 19.3. The molecular formula is C24H26N2O3. The number of ether oxygens (including phenoxy) is 1. The van der Waals surface area contributed by atoms with Gasteiger partial charge in [0.05, 0.1) is 7.11 Å². The summed E-state index contributed by atoms with van der Waals surface area (Å²) in [5, 5.41) is 14.9. The predicted molar refractivity (Wildman–Crippen MR) is 114 cm³/mol. The van der Waals surface area contributed by atoms with Crippen LogP contribution in [0.25, 0.3) is 10.8 Å². The second-order valence-electron chi connectivity index (χ2n) is 7.62. The number of amides is 1. The molecule has 0 bridgehead atoms. The van der Waals surface area contributed by atoms with Crippen LogP contribution in [0.3, 0.4) is 0 Å². The SMILES string of the molecule is COc1cccc(C(=O)NC2CCN(Cc3ccc4cc(O)ccc4c3)CC2)c1. The van der Waals surface area contributed by atoms with E-state index in [9.17, 15) is 9.90 Å². The van der Waals surface area contributed by atoms with E-state index in [2.05, 4.69) is 28.4 Å². The maximum atomic E-state index is 12.5. The van der Waals surface area contributed by atoms with Crippen LogP contribution >= 0.6 is 0 Å². The van der Waals surface area contributed by atoms with Crippen LogP contribution in [-0.4, -0.2) is 42.2 Å². The predicted octanol–water partition coefficient (Wildman–Crippen LogP) is 3.95. The Hall–Kier alpha value is -3.05. The van der Waals surface area contributed by atoms with Gasteiger partial charge in [0.15, 0.2) is 0 Å². The van der Waals surface area contributed by atoms with E-state index in [1.165, 1.54) is 5.56 Å². The minimum absolute atomic E-state index is 0.0415. The molecule has 0 atom stereocenters. The monoisotopic (exact) mass is 390 g/mol. The van der Waals surface area contributed by atoms with Crippen molar-refractivity contribution in [2.24, 2.45) is 0 Å². The number of nitrogens with one attached hydrogen (secondary N) is 1. The minimum atomic E-state index is -0.0415. The summed E-state index contributed by atoms with van der Waals surface area (Å²) in [4.78, 5) is 14.9. The zero-order valence-corrected chi connectivity index (χ0v) is 16.6. The molecule has 4 rings (SSSR count). The summed E-state index contributed by atoms with van der Waals surface area (Å²) < 4.78 is 5.20. The molecule has 0 aromatic heterocycles. The lowest BCUT2D eigenvalue weighted by Crippen LogP contribution is -2.44. The summed E-state index contributed by atoms with van der Waals surface area (Å²) in [5.74, 6) is 0.946. The van der Waals surface area contributed by atoms with Crippen LogP contribution in [0.15, 0.2) is 60.7 Å². The molecule has 0 spiro atoms. The molecule has 3 aromatic rings. The number of phenols is 1. The second kappa shape index (κ2) is 8.53. The fourth-order valence-corrected chi connectivity index (χ4v) is 3.91. The van der Waals surface area contributed by atoms with Crippen molar-refractivity contribution in [1.29, 1.82) is 0 Å². The fraction of sp³-hybridized carbons (Fsp3) is 0.292. The molecule has 2 N–H and O–H groups in total. The van der Waals surface area contributed by atoms with Gasteiger partial charge in [-0.1, -0.05) is 24.3 Å². The van der Waals surface area contributed by atoms with E-state index < -0.39 is 0 Å². The molecule has 0 radical (unpaired) electrons. The van der Waals surface area contributed by atoms with Crippen molar-refractivity contribution < 1.29 is 14.6 Å². The summed E-state index contributed by atoms with van der Waals surface area (Å²) >= 11 is 0. The number of piperidine rings is 1. The molecule has 1 aliphatic rings. The first-order valence-corrected chi connectivity index (χ1v) is 9.99. The Morgan fingerprint density at radius 1 is 1.07 bits per heavy atom. The maximum Gasteiger partial charge on any atom is 0.251 e. The number of aromatic hydroxyl groups is 1. The van der Waals surface area contributed by atoms with Crippen LogP contribution < -0.4 is 10.1 Å². The van der Waals surface area contributed by atoms with Crippen LogP contribution in [-0.2, 0) is 6.54 Å². The van der Waals surface area contributed by atoms with E-state index in [0.717, 1.165) is 43.2 Å². The Kier molecular flexibility index (Phi) is 5.67. The number of hydrogen-bond acceptors (Lipinski definition) is 4. The number of methoxy groups -OCH3 is 1. The number of rotatable bonds is 5. The molecule has 1 aliphatic heterocycles. The highest BCUT2D eigenvalue weighted by atomic mass is 16.5. The van der Waals surface area contributed by atoms with E-state index in [1.54, 1.807) is 25.3 Å². The third-order valence-corrected chi connectivity index (χ3v) is 5.55. The highest BCUT2D eigenvalue weighted by molar-refractivity contribution is 5.94. The summed E-state index contributed by atoms with van der Waals surface area (Å²) in [6.07, 6.45) is 1.88. The normalized spacial score (nSPS) is 15.3. The van der Waals surface area contributed by atoms with Crippen LogP contribution in [0.1, 0.15) is 28.8 Å². The first-order chi connectivity index (χ1) is 14.1. The molecule has 0 unspecified atom stereocenters. The number of fused-ring (bicyclic) bond motifs is 1. The van der Waals surface area contributed by atoms with Gasteiger partial charge in [0.25, 0.3) is 5.91 Å². The first-order valence-electron chi connectivity index (χ1n) is 9.99. The van der Waals surface area contributed by atoms with Gasteiger partial charge in [-0.2, -0.15) is 0 Å². The summed E-state index contributed by atoms with van der Waals surface area (Å²) in [5.41, 5.74) is 1.90. The quantitative estimate of drug-likeness (QED) is 0.693. The highest BCUT2D eigenvalue weighted by Crippen LogP contribution is 2.23. The van der Waals surface area contributed by atoms with Crippen LogP contribution in [0, 0.1) is 0 Å². The van der Waals surface area contributed by atoms with Crippen molar-refractivity contribution in [2.75, 3.05) is 20.2 Å². The Morgan fingerprint density at radius 2 is 1.83 bits per heavy atom. The number of nitrogens with zero attached hydrogens (tertiary/aromatic N) is 1. The van der Waals surface area contributed by atoms with E-state index in [0.29, 0.717) is 17.1 Å². The average Bonchev–Trinajstić information content (AvgIpc) is 2.75. The molecule has 5 nitrogen and oxygen atoms in total. The molecule has 1 heterocycles. The number of carbonyl (C=O) groups is 1. The molecule has 0 saturated carbocycles. The van der Waals surface area contributed by atoms with Crippen LogP contribution in [0.4, 0.5) is 0 Å². The van der Waals surface area contributed by atoms with Gasteiger partial charge in [-0.05, 0) is 65.6 Å². The molecular weight excluding hydrogens is 364 g/mol. The largest absolute Gasteiger partial charge is 0.508 e. The van der Waals surface area contributed by atoms with Crippen molar-refractivity contribution in [3.8, 4) is 11.5 Å². The van der Waals surface area contributed by atoms with E-state index in [-0.39, 0.29) is 11.9 Å². The van der Waals surface area contributed by atoms with Gasteiger partial charge in [0, 0.05) is 31.2 Å². The van der Waals surface area contributed by atoms with Gasteiger partial charge < -0.3 is 15.2 Å². The first kappa shape index (κ1) is 19.3. The standard InChI is InChI=1S/C24H26N2O3/c1-29-23-4-2-3-20(15-23)24(28)25-21-9-11-26(12-10-21)16-17-5-6-19-14-22(27)8-7-18(19)13-17/h2-8,13-15,21,27H,9-12,16H2,1H3,(H,25,28). The Morgan fingerprint density at radius 3 is 2.62 bits per heavy atom. The van der Waals surface area contributed by atoms with Crippen molar-refractivity contribution in [3.63, 3.8) is 0 Å². The smallest absolute Gasteiger partial charge is 0.251 e. The number of phenolic OH excluding ortho intramolecular Hbond substituents is 1. The molecule has 5 heteroatoms. The zero-order valence-electron chi connectivity index (χ0n) is 16.6. The van der Waals surface area contributed by atoms with E-state index in [4.69, 9.17) is 4.74 Å². The molecule has 1 amide bonds. The lowest BCUT2D eigenvalue weighted by molar-refractivity contribution is 0.0908. The molecule has 1 saturated heterocycles. The van der Waals surface area contributed by atoms with Crippen molar-refractivity contribution in [3.05, 3.63) is 71.8 Å². The molecule has 0 aliphatic carbocycles. The van der Waals surface area contributed by atoms with Crippen molar-refractivity contribution in [2.45, 2.75) is 25.4 Å². The Labute approximate surface area is 170 Å². The van der Waals surface area contributed by atoms with Gasteiger partial charge in [0.1, 0.15) is 11.5 Å². The van der Waals surface area contributed by atoms with Gasteiger partial charge in [-0.15, -0.1) is 0 Å². The molecule has 3 aromatic carbocycles. The zero-order chi connectivity index (χ0) is 20.2. The van der Waals surface area contributed by atoms with Gasteiger partial charge in [0.2, 0.25) is 0 Å². The van der Waals surface area contributed by atoms with Gasteiger partial charge in [-0.25, -0.2) is 0 Å². The Bertz CT molecular complexity index is 1010. The summed E-state index contributed by atoms with van der Waals surface area (Å²) in [7, 11) is 1.60. The third-order valence-electron chi connectivity index (χ3n) is 5.55. The lowest BCUT2D eigenvalue weighted by Gasteiger charge is -2.32. The lowest BCUT2D eigenvalue weighted by atomic mass is 10.0. The van der Waals surface area contributed by atoms with Crippen molar-refractivity contribution >= 4 is 16.7 Å². The topological polar surface area (TPSA) is 61.8 Å². The minimum Gasteiger partial charge on any atom is -0.508 e. The maximum absolute atomic E-state index is 12.5. The van der Waals surface area contributed by atoms with E-state index >= 15 is 0 Å². The molecule has 1 fully saturated rings. The van der Waals surface area contributed by atoms with Crippen LogP contribution in [0.2, 0.25) is 0 Å². The molecule has 29 heavy (non-hydrogen) atoms. The number of benzene rings is 3. The number of likely N-dealkylation sites (tertiary alicyclic amines) is 1. The highest BCUT2D eigenvalue weighted by Gasteiger charge is 2.21. The number of hydrogen-bond donors (Lipinski definition) is 2. The Balaban J connectivity index is 1.31. The van der Waals surface area contributed by atoms with Gasteiger partial charge in [-0.3, -0.25) is 9.69 Å². The number of carbonyl (C=O) groups excluding carboxylic acids is 1. The molecule has 150 valence electrons. The van der Waals surface area contributed by atoms with E-state index in [1.807, 2.05) is 24.3 Å². The fourth-order valence-electron chi connectivity index (χ4n) is 3.91. The second-order valence-corrected chi connectivity index (χ2v) is 7.62. The van der Waals surface area contributed by atoms with Crippen molar-refractivity contribution in [1.82, 2.24) is 10.2 Å². The summed E-state index contributed by atoms with van der Waals surface area (Å²) in [6.45, 7) is 2.81. The third kappa shape index (κ3) is 4.69. The van der Waals surface area contributed by atoms with Crippen LogP contribution in [0.5, 0.6) is 11.5 Å². The van der Waals surface area contributed by atoms with Gasteiger partial charge >= 0.3 is 0 Å².